The van der Waals surface area contributed by atoms with Gasteiger partial charge in [-0.1, -0.05) is 0 Å². The second-order valence-corrected chi connectivity index (χ2v) is 7.93. The maximum Gasteiger partial charge on any atom is 0.171 e. The quantitative estimate of drug-likeness (QED) is 0.667. The Kier molecular flexibility index (Phi) is 5.64. The second kappa shape index (κ2) is 8.31. The average Bonchev–Trinajstić information content (AvgIpc) is 3.24. The predicted molar refractivity (Wildman–Crippen MR) is 110 cm³/mol. The number of nitrogens with one attached hydrogen (secondary N) is 3. The van der Waals surface area contributed by atoms with Gasteiger partial charge in [0.15, 0.2) is 10.9 Å². The van der Waals surface area contributed by atoms with Crippen molar-refractivity contribution in [2.45, 2.75) is 57.3 Å². The topological polar surface area (TPSA) is 50.9 Å². The van der Waals surface area contributed by atoms with E-state index in [1.807, 2.05) is 37.3 Å². The highest BCUT2D eigenvalue weighted by Gasteiger charge is 2.44. The Morgan fingerprint density at radius 1 is 1.19 bits per heavy atom. The summed E-state index contributed by atoms with van der Waals surface area (Å²) in [5.74, 6) is 1.98. The molecule has 0 saturated carbocycles. The van der Waals surface area contributed by atoms with Crippen LogP contribution in [0.15, 0.2) is 47.1 Å². The number of ether oxygens (including phenoxy) is 1. The van der Waals surface area contributed by atoms with E-state index < -0.39 is 0 Å². The molecule has 2 fully saturated rings. The first-order valence-corrected chi connectivity index (χ1v) is 10.3. The molecule has 4 atom stereocenters. The number of anilines is 1. The molecule has 2 aromatic rings. The lowest BCUT2D eigenvalue weighted by atomic mass is 9.97. The lowest BCUT2D eigenvalue weighted by molar-refractivity contribution is -0.955. The molecule has 6 heteroatoms. The molecule has 4 rings (SSSR count). The zero-order chi connectivity index (χ0) is 18.6. The van der Waals surface area contributed by atoms with Crippen molar-refractivity contribution in [1.82, 2.24) is 5.32 Å². The number of furan rings is 1. The van der Waals surface area contributed by atoms with Gasteiger partial charge in [-0.2, -0.15) is 0 Å². The van der Waals surface area contributed by atoms with Gasteiger partial charge in [-0.3, -0.25) is 0 Å². The van der Waals surface area contributed by atoms with Gasteiger partial charge in [0, 0.05) is 37.4 Å². The van der Waals surface area contributed by atoms with Crippen LogP contribution in [0.2, 0.25) is 0 Å². The van der Waals surface area contributed by atoms with Crippen LogP contribution < -0.4 is 20.3 Å². The Bertz CT molecular complexity index is 733. The summed E-state index contributed by atoms with van der Waals surface area (Å²) >= 11 is 5.55. The minimum atomic E-state index is 0.450. The molecule has 2 unspecified atom stereocenters. The van der Waals surface area contributed by atoms with Crippen molar-refractivity contribution >= 4 is 23.0 Å². The highest BCUT2D eigenvalue weighted by molar-refractivity contribution is 7.80. The summed E-state index contributed by atoms with van der Waals surface area (Å²) in [6.45, 7) is 3.67. The molecule has 5 nitrogen and oxygen atoms in total. The molecular formula is C21H28N3O2S+. The van der Waals surface area contributed by atoms with Gasteiger partial charge in [0.1, 0.15) is 12.3 Å². The third-order valence-electron chi connectivity index (χ3n) is 5.77. The normalized spacial score (nSPS) is 26.6. The molecule has 2 aliphatic rings. The summed E-state index contributed by atoms with van der Waals surface area (Å²) in [6, 6.07) is 13.8. The fourth-order valence-corrected chi connectivity index (χ4v) is 4.89. The third kappa shape index (κ3) is 4.45. The van der Waals surface area contributed by atoms with E-state index in [9.17, 15) is 0 Å². The Balaban J connectivity index is 1.28. The van der Waals surface area contributed by atoms with Crippen LogP contribution in [-0.4, -0.2) is 29.8 Å². The summed E-state index contributed by atoms with van der Waals surface area (Å²) in [4.78, 5) is 1.69. The van der Waals surface area contributed by atoms with Crippen molar-refractivity contribution in [3.05, 3.63) is 48.4 Å². The summed E-state index contributed by atoms with van der Waals surface area (Å²) in [7, 11) is 0. The molecule has 0 aliphatic carbocycles. The first-order chi connectivity index (χ1) is 13.2. The standard InChI is InChI=1S/C21H27N3O2S/c1-2-25-19-9-5-15(6-10-19)22-21(27)23-16-12-17-7-8-18(13-16)24(17)14-20-4-3-11-26-20/h3-6,9-11,16-18H,2,7-8,12-14H2,1H3,(H2,22,23,27)/p+1/t16?,17-,18+. The Hall–Kier alpha value is -2.05. The lowest BCUT2D eigenvalue weighted by Crippen LogP contribution is -3.17. The van der Waals surface area contributed by atoms with E-state index in [-0.39, 0.29) is 0 Å². The number of fused-ring (bicyclic) bond motifs is 2. The Labute approximate surface area is 166 Å². The number of benzene rings is 1. The van der Waals surface area contributed by atoms with Crippen molar-refractivity contribution < 1.29 is 14.1 Å². The maximum absolute atomic E-state index is 5.57. The van der Waals surface area contributed by atoms with E-state index in [0.29, 0.717) is 29.8 Å². The van der Waals surface area contributed by atoms with Crippen LogP contribution >= 0.6 is 12.2 Å². The molecule has 0 radical (unpaired) electrons. The molecular weight excluding hydrogens is 358 g/mol. The fourth-order valence-electron chi connectivity index (χ4n) is 4.60. The molecule has 3 heterocycles. The van der Waals surface area contributed by atoms with Gasteiger partial charge in [-0.05, 0) is 55.5 Å². The minimum Gasteiger partial charge on any atom is -0.494 e. The number of piperidine rings is 1. The van der Waals surface area contributed by atoms with E-state index in [1.165, 1.54) is 12.8 Å². The Morgan fingerprint density at radius 3 is 2.56 bits per heavy atom. The molecule has 144 valence electrons. The third-order valence-corrected chi connectivity index (χ3v) is 5.99. The first-order valence-electron chi connectivity index (χ1n) is 9.89. The molecule has 2 bridgehead atoms. The minimum absolute atomic E-state index is 0.450. The van der Waals surface area contributed by atoms with Crippen molar-refractivity contribution in [2.75, 3.05) is 11.9 Å². The van der Waals surface area contributed by atoms with Crippen LogP contribution in [0.25, 0.3) is 0 Å². The van der Waals surface area contributed by atoms with Gasteiger partial charge in [-0.25, -0.2) is 0 Å². The summed E-state index contributed by atoms with van der Waals surface area (Å²) in [5.41, 5.74) is 0.986. The van der Waals surface area contributed by atoms with E-state index in [0.717, 1.165) is 36.6 Å². The lowest BCUT2D eigenvalue weighted by Gasteiger charge is -2.36. The van der Waals surface area contributed by atoms with Gasteiger partial charge in [0.05, 0.1) is 25.0 Å². The van der Waals surface area contributed by atoms with Crippen molar-refractivity contribution in [2.24, 2.45) is 0 Å². The Morgan fingerprint density at radius 2 is 1.93 bits per heavy atom. The predicted octanol–water partition coefficient (Wildman–Crippen LogP) is 2.74. The van der Waals surface area contributed by atoms with Crippen LogP contribution in [0.4, 0.5) is 5.69 Å². The van der Waals surface area contributed by atoms with Crippen molar-refractivity contribution in [3.63, 3.8) is 0 Å². The summed E-state index contributed by atoms with van der Waals surface area (Å²) < 4.78 is 11.0. The fraction of sp³-hybridized carbons (Fsp3) is 0.476. The number of rotatable bonds is 6. The van der Waals surface area contributed by atoms with Gasteiger partial charge < -0.3 is 24.7 Å². The SMILES string of the molecule is CCOc1ccc(NC(=S)NC2C[C@H]3CC[C@@H](C2)[NH+]3Cc2ccco2)cc1. The number of quaternary nitrogens is 1. The zero-order valence-corrected chi connectivity index (χ0v) is 16.6. The molecule has 27 heavy (non-hydrogen) atoms. The molecule has 2 saturated heterocycles. The number of hydrogen-bond donors (Lipinski definition) is 3. The smallest absolute Gasteiger partial charge is 0.171 e. The molecule has 3 N–H and O–H groups in total. The monoisotopic (exact) mass is 386 g/mol. The van der Waals surface area contributed by atoms with Gasteiger partial charge in [-0.15, -0.1) is 0 Å². The molecule has 0 spiro atoms. The van der Waals surface area contributed by atoms with Crippen LogP contribution in [0.3, 0.4) is 0 Å². The summed E-state index contributed by atoms with van der Waals surface area (Å²) in [5, 5.41) is 7.55. The van der Waals surface area contributed by atoms with Gasteiger partial charge >= 0.3 is 0 Å². The molecule has 1 aromatic carbocycles. The van der Waals surface area contributed by atoms with E-state index in [1.54, 1.807) is 11.2 Å². The molecule has 1 aromatic heterocycles. The van der Waals surface area contributed by atoms with E-state index in [2.05, 4.69) is 16.7 Å². The molecule has 0 amide bonds. The van der Waals surface area contributed by atoms with Gasteiger partial charge in [0.25, 0.3) is 0 Å². The van der Waals surface area contributed by atoms with Crippen LogP contribution in [0.1, 0.15) is 38.4 Å². The average molecular weight is 387 g/mol. The zero-order valence-electron chi connectivity index (χ0n) is 15.7. The van der Waals surface area contributed by atoms with Crippen LogP contribution in [-0.2, 0) is 6.54 Å². The van der Waals surface area contributed by atoms with Crippen LogP contribution in [0.5, 0.6) is 5.75 Å². The van der Waals surface area contributed by atoms with Crippen LogP contribution in [0, 0.1) is 0 Å². The largest absolute Gasteiger partial charge is 0.494 e. The first kappa shape index (κ1) is 18.3. The highest BCUT2D eigenvalue weighted by Crippen LogP contribution is 2.24. The van der Waals surface area contributed by atoms with Gasteiger partial charge in [0.2, 0.25) is 0 Å². The number of thiocarbonyl (C=S) groups is 1. The molecule has 2 aliphatic heterocycles. The maximum atomic E-state index is 5.57. The van der Waals surface area contributed by atoms with Crippen molar-refractivity contribution in [3.8, 4) is 5.75 Å². The second-order valence-electron chi connectivity index (χ2n) is 7.53. The van der Waals surface area contributed by atoms with Crippen molar-refractivity contribution in [1.29, 1.82) is 0 Å². The number of hydrogen-bond acceptors (Lipinski definition) is 3. The van der Waals surface area contributed by atoms with E-state index >= 15 is 0 Å². The highest BCUT2D eigenvalue weighted by atomic mass is 32.1. The summed E-state index contributed by atoms with van der Waals surface area (Å²) in [6.07, 6.45) is 6.71. The van der Waals surface area contributed by atoms with E-state index in [4.69, 9.17) is 21.4 Å².